The molecule has 10 heteroatoms. The first-order valence-corrected chi connectivity index (χ1v) is 13.0. The van der Waals surface area contributed by atoms with Crippen LogP contribution in [0.2, 0.25) is 5.02 Å². The van der Waals surface area contributed by atoms with Gasteiger partial charge in [0.1, 0.15) is 12.1 Å². The quantitative estimate of drug-likeness (QED) is 0.397. The highest BCUT2D eigenvalue weighted by molar-refractivity contribution is 6.31. The van der Waals surface area contributed by atoms with Gasteiger partial charge in [0.15, 0.2) is 17.3 Å². The van der Waals surface area contributed by atoms with Crippen LogP contribution in [-0.2, 0) is 4.79 Å². The number of methoxy groups -OCH3 is 1. The number of anilines is 2. The number of phenolic OH excluding ortho intramolecular Hbond substituents is 1. The number of nitrogens with zero attached hydrogens (tertiary/aromatic N) is 3. The number of benzene rings is 2. The second-order valence-electron chi connectivity index (χ2n) is 9.43. The van der Waals surface area contributed by atoms with Crippen LogP contribution in [0.1, 0.15) is 51.4 Å². The molecule has 1 saturated carbocycles. The van der Waals surface area contributed by atoms with E-state index in [9.17, 15) is 14.3 Å². The number of rotatable bonds is 5. The maximum Gasteiger partial charge on any atom is 0.234 e. The maximum atomic E-state index is 14.0. The highest BCUT2D eigenvalue weighted by Crippen LogP contribution is 2.34. The van der Waals surface area contributed by atoms with Gasteiger partial charge in [-0.15, -0.1) is 0 Å². The number of nitrogens with two attached hydrogens (primary N) is 1. The first-order valence-electron chi connectivity index (χ1n) is 12.7. The van der Waals surface area contributed by atoms with Crippen molar-refractivity contribution in [1.29, 1.82) is 0 Å². The summed E-state index contributed by atoms with van der Waals surface area (Å²) in [6.45, 7) is 1.08. The van der Waals surface area contributed by atoms with Crippen molar-refractivity contribution < 1.29 is 19.0 Å². The van der Waals surface area contributed by atoms with Crippen molar-refractivity contribution in [3.63, 3.8) is 0 Å². The molecule has 1 atom stereocenters. The minimum absolute atomic E-state index is 0.00729. The van der Waals surface area contributed by atoms with Crippen molar-refractivity contribution in [2.24, 2.45) is 5.73 Å². The normalized spacial score (nSPS) is 18.6. The molecule has 8 nitrogen and oxygen atoms in total. The maximum absolute atomic E-state index is 14.0. The van der Waals surface area contributed by atoms with Crippen LogP contribution in [0, 0.1) is 5.82 Å². The van der Waals surface area contributed by atoms with E-state index in [2.05, 4.69) is 20.2 Å². The number of carbonyl (C=O) groups excluding carboxylic acids is 1. The van der Waals surface area contributed by atoms with Crippen LogP contribution in [0.25, 0.3) is 10.9 Å². The van der Waals surface area contributed by atoms with E-state index < -0.39 is 5.82 Å². The number of aromatic nitrogens is 2. The number of aromatic hydroxyl groups is 1. The Morgan fingerprint density at radius 1 is 1.16 bits per heavy atom. The van der Waals surface area contributed by atoms with Gasteiger partial charge in [0.05, 0.1) is 29.4 Å². The van der Waals surface area contributed by atoms with Gasteiger partial charge in [-0.25, -0.2) is 14.4 Å². The van der Waals surface area contributed by atoms with Gasteiger partial charge >= 0.3 is 0 Å². The lowest BCUT2D eigenvalue weighted by Crippen LogP contribution is -2.52. The Bertz CT molecular complexity index is 1240. The second-order valence-corrected chi connectivity index (χ2v) is 9.84. The summed E-state index contributed by atoms with van der Waals surface area (Å²) in [6.07, 6.45) is 11.3. The van der Waals surface area contributed by atoms with Gasteiger partial charge in [-0.2, -0.15) is 0 Å². The number of fused-ring (bicyclic) bond motifs is 1. The number of likely N-dealkylation sites (tertiary alicyclic amines) is 1. The number of ether oxygens (including phenoxy) is 1. The summed E-state index contributed by atoms with van der Waals surface area (Å²) in [5.41, 5.74) is 6.22. The number of carbonyl (C=O) groups is 1. The Hall–Kier alpha value is -3.17. The summed E-state index contributed by atoms with van der Waals surface area (Å²) in [5.74, 6) is -0.0939. The topological polar surface area (TPSA) is 114 Å². The van der Waals surface area contributed by atoms with E-state index >= 15 is 0 Å². The van der Waals surface area contributed by atoms with Gasteiger partial charge in [-0.05, 0) is 50.4 Å². The fourth-order valence-corrected chi connectivity index (χ4v) is 5.35. The zero-order valence-electron chi connectivity index (χ0n) is 20.9. The number of primary amides is 1. The molecule has 0 unspecified atom stereocenters. The SMILES string of the molecule is COc1cc2ncnc(Nc3cccc(Cl)c3F)c2cc1O.NC(=O)[C@@H]1CCCCN1C1CCCCC1. The van der Waals surface area contributed by atoms with E-state index in [1.54, 1.807) is 18.2 Å². The molecule has 2 aromatic carbocycles. The van der Waals surface area contributed by atoms with Crippen LogP contribution < -0.4 is 15.8 Å². The van der Waals surface area contributed by atoms with Gasteiger partial charge < -0.3 is 20.9 Å². The molecule has 4 N–H and O–H groups in total. The number of hydrogen-bond donors (Lipinski definition) is 3. The third-order valence-corrected chi connectivity index (χ3v) is 7.35. The minimum atomic E-state index is -0.575. The monoisotopic (exact) mass is 529 g/mol. The van der Waals surface area contributed by atoms with Crippen molar-refractivity contribution >= 4 is 39.9 Å². The first-order chi connectivity index (χ1) is 17.9. The molecule has 1 aliphatic heterocycles. The van der Waals surface area contributed by atoms with Crippen molar-refractivity contribution in [1.82, 2.24) is 14.9 Å². The summed E-state index contributed by atoms with van der Waals surface area (Å²) in [7, 11) is 1.45. The molecule has 0 radical (unpaired) electrons. The molecular weight excluding hydrogens is 497 g/mol. The minimum Gasteiger partial charge on any atom is -0.504 e. The van der Waals surface area contributed by atoms with E-state index in [-0.39, 0.29) is 28.4 Å². The van der Waals surface area contributed by atoms with Crippen LogP contribution in [0.4, 0.5) is 15.9 Å². The van der Waals surface area contributed by atoms with Crippen molar-refractivity contribution in [2.45, 2.75) is 63.5 Å². The summed E-state index contributed by atoms with van der Waals surface area (Å²) in [4.78, 5) is 22.0. The van der Waals surface area contributed by atoms with Gasteiger partial charge in [-0.1, -0.05) is 43.4 Å². The van der Waals surface area contributed by atoms with Crippen LogP contribution in [0.5, 0.6) is 11.5 Å². The molecule has 0 spiro atoms. The predicted octanol–water partition coefficient (Wildman–Crippen LogP) is 5.54. The number of hydrogen-bond acceptors (Lipinski definition) is 7. The van der Waals surface area contributed by atoms with Gasteiger partial charge in [0.25, 0.3) is 0 Å². The average molecular weight is 530 g/mol. The van der Waals surface area contributed by atoms with E-state index in [1.165, 1.54) is 64.1 Å². The summed E-state index contributed by atoms with van der Waals surface area (Å²) < 4.78 is 19.0. The Labute approximate surface area is 221 Å². The molecule has 1 aliphatic carbocycles. The standard InChI is InChI=1S/C15H11ClFN3O2.C12H22N2O/c1-22-13-6-11-8(5-12(13)21)15(19-7-18-11)20-10-4-2-3-9(16)14(10)17;13-12(15)11-8-4-5-9-14(11)10-6-2-1-3-7-10/h2-7,21H,1H3,(H,18,19,20);10-11H,1-9H2,(H2,13,15)/t;11-/m.0/s1. The van der Waals surface area contributed by atoms with Crippen LogP contribution >= 0.6 is 11.6 Å². The average Bonchev–Trinajstić information content (AvgIpc) is 2.92. The predicted molar refractivity (Wildman–Crippen MR) is 143 cm³/mol. The Morgan fingerprint density at radius 3 is 2.65 bits per heavy atom. The highest BCUT2D eigenvalue weighted by Gasteiger charge is 2.32. The molecule has 2 aliphatic rings. The lowest BCUT2D eigenvalue weighted by Gasteiger charge is -2.41. The molecule has 2 fully saturated rings. The van der Waals surface area contributed by atoms with E-state index in [0.717, 1.165) is 19.4 Å². The van der Waals surface area contributed by atoms with Gasteiger partial charge in [-0.3, -0.25) is 9.69 Å². The van der Waals surface area contributed by atoms with Crippen LogP contribution in [0.3, 0.4) is 0 Å². The van der Waals surface area contributed by atoms with Crippen LogP contribution in [0.15, 0.2) is 36.7 Å². The number of piperidine rings is 1. The van der Waals surface area contributed by atoms with E-state index in [4.69, 9.17) is 22.1 Å². The molecule has 37 heavy (non-hydrogen) atoms. The number of phenols is 1. The van der Waals surface area contributed by atoms with Crippen LogP contribution in [-0.4, -0.2) is 51.6 Å². The van der Waals surface area contributed by atoms with Crippen molar-refractivity contribution in [3.05, 3.63) is 47.5 Å². The number of halogens is 2. The smallest absolute Gasteiger partial charge is 0.234 e. The molecule has 2 heterocycles. The fourth-order valence-electron chi connectivity index (χ4n) is 5.17. The van der Waals surface area contributed by atoms with Crippen molar-refractivity contribution in [2.75, 3.05) is 19.0 Å². The lowest BCUT2D eigenvalue weighted by molar-refractivity contribution is -0.125. The number of amides is 1. The Kier molecular flexibility index (Phi) is 9.00. The molecule has 5 rings (SSSR count). The molecule has 0 bridgehead atoms. The summed E-state index contributed by atoms with van der Waals surface area (Å²) in [6, 6.07) is 8.32. The zero-order valence-corrected chi connectivity index (χ0v) is 21.7. The zero-order chi connectivity index (χ0) is 26.4. The summed E-state index contributed by atoms with van der Waals surface area (Å²) >= 11 is 5.76. The van der Waals surface area contributed by atoms with Crippen molar-refractivity contribution in [3.8, 4) is 11.5 Å². The largest absolute Gasteiger partial charge is 0.504 e. The molecule has 3 aromatic rings. The molecule has 1 aromatic heterocycles. The van der Waals surface area contributed by atoms with E-state index in [1.807, 2.05) is 0 Å². The third-order valence-electron chi connectivity index (χ3n) is 7.06. The van der Waals surface area contributed by atoms with E-state index in [0.29, 0.717) is 28.5 Å². The van der Waals surface area contributed by atoms with Gasteiger partial charge in [0.2, 0.25) is 5.91 Å². The van der Waals surface area contributed by atoms with Gasteiger partial charge in [0, 0.05) is 17.5 Å². The highest BCUT2D eigenvalue weighted by atomic mass is 35.5. The fraction of sp³-hybridized carbons (Fsp3) is 0.444. The Morgan fingerprint density at radius 2 is 1.92 bits per heavy atom. The molecular formula is C27H33ClFN5O3. The number of nitrogens with one attached hydrogen (secondary N) is 1. The molecule has 1 saturated heterocycles. The second kappa shape index (κ2) is 12.4. The molecule has 1 amide bonds. The molecule has 198 valence electrons. The third kappa shape index (κ3) is 6.40. The Balaban J connectivity index is 0.000000186. The first kappa shape index (κ1) is 26.9. The lowest BCUT2D eigenvalue weighted by atomic mass is 9.90. The summed E-state index contributed by atoms with van der Waals surface area (Å²) in [5, 5.41) is 13.3.